The molecular weight excluding hydrogens is 283 g/mol. The molecule has 1 aliphatic heterocycles. The summed E-state index contributed by atoms with van der Waals surface area (Å²) in [5, 5.41) is 10.3. The van der Waals surface area contributed by atoms with Gasteiger partial charge in [-0.25, -0.2) is 4.39 Å². The molecule has 1 atom stereocenters. The minimum atomic E-state index is -1.02. The van der Waals surface area contributed by atoms with Crippen molar-refractivity contribution in [1.29, 1.82) is 0 Å². The van der Waals surface area contributed by atoms with Crippen molar-refractivity contribution in [3.8, 4) is 11.5 Å². The summed E-state index contributed by atoms with van der Waals surface area (Å²) in [6.45, 7) is 0.970. The van der Waals surface area contributed by atoms with Gasteiger partial charge in [-0.1, -0.05) is 29.8 Å². The number of halogens is 2. The predicted octanol–water partition coefficient (Wildman–Crippen LogP) is 3.33. The number of hydrogen-bond acceptors (Lipinski definition) is 3. The zero-order chi connectivity index (χ0) is 14.1. The van der Waals surface area contributed by atoms with Gasteiger partial charge >= 0.3 is 0 Å². The minimum absolute atomic E-state index is 0.0742. The molecule has 3 rings (SSSR count). The van der Waals surface area contributed by atoms with Crippen molar-refractivity contribution in [2.75, 3.05) is 13.2 Å². The van der Waals surface area contributed by atoms with Gasteiger partial charge in [0.25, 0.3) is 0 Å². The van der Waals surface area contributed by atoms with E-state index in [9.17, 15) is 9.50 Å². The smallest absolute Gasteiger partial charge is 0.161 e. The SMILES string of the molecule is OC(c1ccc2c(c1)OCCO2)c1cccc(F)c1Cl. The predicted molar refractivity (Wildman–Crippen MR) is 72.9 cm³/mol. The highest BCUT2D eigenvalue weighted by atomic mass is 35.5. The van der Waals surface area contributed by atoms with Crippen molar-refractivity contribution in [3.63, 3.8) is 0 Å². The van der Waals surface area contributed by atoms with E-state index in [0.717, 1.165) is 0 Å². The largest absolute Gasteiger partial charge is 0.486 e. The zero-order valence-corrected chi connectivity index (χ0v) is 11.2. The molecule has 0 bridgehead atoms. The summed E-state index contributed by atoms with van der Waals surface area (Å²) in [6, 6.07) is 9.47. The van der Waals surface area contributed by atoms with Crippen LogP contribution in [0, 0.1) is 5.82 Å². The first-order chi connectivity index (χ1) is 9.66. The molecular formula is C15H12ClFO3. The molecule has 0 radical (unpaired) electrons. The van der Waals surface area contributed by atoms with E-state index in [1.165, 1.54) is 12.1 Å². The zero-order valence-electron chi connectivity index (χ0n) is 10.5. The second kappa shape index (κ2) is 5.31. The third kappa shape index (κ3) is 2.32. The van der Waals surface area contributed by atoms with Gasteiger partial charge in [-0.05, 0) is 23.8 Å². The van der Waals surface area contributed by atoms with Crippen LogP contribution in [0.2, 0.25) is 5.02 Å². The Morgan fingerprint density at radius 2 is 1.85 bits per heavy atom. The van der Waals surface area contributed by atoms with Crippen molar-refractivity contribution in [1.82, 2.24) is 0 Å². The van der Waals surface area contributed by atoms with Gasteiger partial charge in [-0.3, -0.25) is 0 Å². The number of ether oxygens (including phenoxy) is 2. The first-order valence-electron chi connectivity index (χ1n) is 6.18. The van der Waals surface area contributed by atoms with Crippen LogP contribution in [0.25, 0.3) is 0 Å². The first-order valence-corrected chi connectivity index (χ1v) is 6.56. The lowest BCUT2D eigenvalue weighted by atomic mass is 10.0. The fraction of sp³-hybridized carbons (Fsp3) is 0.200. The Kier molecular flexibility index (Phi) is 3.51. The number of rotatable bonds is 2. The summed E-state index contributed by atoms with van der Waals surface area (Å²) < 4.78 is 24.3. The highest BCUT2D eigenvalue weighted by Gasteiger charge is 2.19. The van der Waals surface area contributed by atoms with E-state index in [1.54, 1.807) is 24.3 Å². The number of benzene rings is 2. The third-order valence-electron chi connectivity index (χ3n) is 3.16. The van der Waals surface area contributed by atoms with Crippen LogP contribution in [0.3, 0.4) is 0 Å². The van der Waals surface area contributed by atoms with Crippen LogP contribution in [-0.2, 0) is 0 Å². The van der Waals surface area contributed by atoms with Crippen molar-refractivity contribution >= 4 is 11.6 Å². The lowest BCUT2D eigenvalue weighted by molar-refractivity contribution is 0.169. The number of hydrogen-bond donors (Lipinski definition) is 1. The average molecular weight is 295 g/mol. The van der Waals surface area contributed by atoms with E-state index in [2.05, 4.69) is 0 Å². The molecule has 1 unspecified atom stereocenters. The molecule has 1 aliphatic rings. The molecule has 1 N–H and O–H groups in total. The third-order valence-corrected chi connectivity index (χ3v) is 3.56. The molecule has 0 aromatic heterocycles. The summed E-state index contributed by atoms with van der Waals surface area (Å²) in [6.07, 6.45) is -1.02. The van der Waals surface area contributed by atoms with Gasteiger partial charge in [0.1, 0.15) is 25.1 Å². The Labute approximate surface area is 120 Å². The first kappa shape index (κ1) is 13.2. The molecule has 104 valence electrons. The van der Waals surface area contributed by atoms with Gasteiger partial charge < -0.3 is 14.6 Å². The van der Waals surface area contributed by atoms with E-state index < -0.39 is 11.9 Å². The van der Waals surface area contributed by atoms with Gasteiger partial charge in [0.05, 0.1) is 5.02 Å². The summed E-state index contributed by atoms with van der Waals surface area (Å²) >= 11 is 5.89. The molecule has 20 heavy (non-hydrogen) atoms. The maximum atomic E-state index is 13.4. The normalized spacial score (nSPS) is 14.9. The quantitative estimate of drug-likeness (QED) is 0.923. The van der Waals surface area contributed by atoms with Crippen LogP contribution in [0.5, 0.6) is 11.5 Å². The molecule has 2 aromatic rings. The second-order valence-corrected chi connectivity index (χ2v) is 4.83. The molecule has 5 heteroatoms. The summed E-state index contributed by atoms with van der Waals surface area (Å²) in [5.41, 5.74) is 0.894. The van der Waals surface area contributed by atoms with Crippen LogP contribution in [-0.4, -0.2) is 18.3 Å². The van der Waals surface area contributed by atoms with Crippen molar-refractivity contribution in [3.05, 3.63) is 58.4 Å². The highest BCUT2D eigenvalue weighted by molar-refractivity contribution is 6.31. The standard InChI is InChI=1S/C15H12ClFO3/c16-14-10(2-1-3-11(14)17)15(18)9-4-5-12-13(8-9)20-7-6-19-12/h1-5,8,15,18H,6-7H2. The van der Waals surface area contributed by atoms with E-state index >= 15 is 0 Å². The number of aliphatic hydroxyl groups excluding tert-OH is 1. The van der Waals surface area contributed by atoms with Gasteiger partial charge in [-0.2, -0.15) is 0 Å². The Bertz CT molecular complexity index is 645. The summed E-state index contributed by atoms with van der Waals surface area (Å²) in [5.74, 6) is 0.652. The molecule has 0 spiro atoms. The molecule has 0 aliphatic carbocycles. The van der Waals surface area contributed by atoms with Crippen LogP contribution < -0.4 is 9.47 Å². The highest BCUT2D eigenvalue weighted by Crippen LogP contribution is 2.36. The average Bonchev–Trinajstić information content (AvgIpc) is 2.49. The fourth-order valence-electron chi connectivity index (χ4n) is 2.14. The Morgan fingerprint density at radius 1 is 1.10 bits per heavy atom. The lowest BCUT2D eigenvalue weighted by Gasteiger charge is -2.20. The second-order valence-electron chi connectivity index (χ2n) is 4.45. The summed E-state index contributed by atoms with van der Waals surface area (Å²) in [7, 11) is 0. The van der Waals surface area contributed by atoms with Crippen LogP contribution in [0.15, 0.2) is 36.4 Å². The van der Waals surface area contributed by atoms with Crippen LogP contribution in [0.1, 0.15) is 17.2 Å². The number of fused-ring (bicyclic) bond motifs is 1. The molecule has 1 heterocycles. The molecule has 0 amide bonds. The van der Waals surface area contributed by atoms with E-state index in [-0.39, 0.29) is 5.02 Å². The Morgan fingerprint density at radius 3 is 2.65 bits per heavy atom. The monoisotopic (exact) mass is 294 g/mol. The van der Waals surface area contributed by atoms with Crippen molar-refractivity contribution in [2.24, 2.45) is 0 Å². The van der Waals surface area contributed by atoms with Crippen molar-refractivity contribution < 1.29 is 19.0 Å². The van der Waals surface area contributed by atoms with Gasteiger partial charge in [-0.15, -0.1) is 0 Å². The maximum Gasteiger partial charge on any atom is 0.161 e. The minimum Gasteiger partial charge on any atom is -0.486 e. The van der Waals surface area contributed by atoms with Crippen molar-refractivity contribution in [2.45, 2.75) is 6.10 Å². The molecule has 0 fully saturated rings. The topological polar surface area (TPSA) is 38.7 Å². The maximum absolute atomic E-state index is 13.4. The lowest BCUT2D eigenvalue weighted by Crippen LogP contribution is -2.15. The fourth-order valence-corrected chi connectivity index (χ4v) is 2.37. The van der Waals surface area contributed by atoms with E-state index in [0.29, 0.717) is 35.8 Å². The van der Waals surface area contributed by atoms with Crippen LogP contribution >= 0.6 is 11.6 Å². The molecule has 0 saturated carbocycles. The molecule has 0 saturated heterocycles. The summed E-state index contributed by atoms with van der Waals surface area (Å²) in [4.78, 5) is 0. The molecule has 3 nitrogen and oxygen atoms in total. The number of aliphatic hydroxyl groups is 1. The van der Waals surface area contributed by atoms with Gasteiger partial charge in [0.15, 0.2) is 11.5 Å². The Balaban J connectivity index is 1.98. The van der Waals surface area contributed by atoms with Crippen LogP contribution in [0.4, 0.5) is 4.39 Å². The van der Waals surface area contributed by atoms with E-state index in [1.807, 2.05) is 0 Å². The van der Waals surface area contributed by atoms with Gasteiger partial charge in [0.2, 0.25) is 0 Å². The Hall–Kier alpha value is -1.78. The van der Waals surface area contributed by atoms with E-state index in [4.69, 9.17) is 21.1 Å². The molecule has 2 aromatic carbocycles. The van der Waals surface area contributed by atoms with Gasteiger partial charge in [0, 0.05) is 5.56 Å².